The lowest BCUT2D eigenvalue weighted by molar-refractivity contribution is 0.0961. The number of nitrogens with one attached hydrogen (secondary N) is 1. The third kappa shape index (κ3) is 4.54. The smallest absolute Gasteiger partial charge is 0.240 e. The maximum Gasteiger partial charge on any atom is 0.240 e. The van der Waals surface area contributed by atoms with Crippen LogP contribution < -0.4 is 10.5 Å². The highest BCUT2D eigenvalue weighted by Gasteiger charge is 2.14. The van der Waals surface area contributed by atoms with Crippen LogP contribution in [0.3, 0.4) is 0 Å². The van der Waals surface area contributed by atoms with Crippen LogP contribution in [-0.2, 0) is 14.8 Å². The number of nitrogens with two attached hydrogens (primary N) is 1. The number of benzene rings is 1. The first kappa shape index (κ1) is 15.4. The number of hydrogen-bond acceptors (Lipinski definition) is 5. The molecule has 0 atom stereocenters. The first-order chi connectivity index (χ1) is 8.47. The van der Waals surface area contributed by atoms with Crippen molar-refractivity contribution in [2.75, 3.05) is 32.1 Å². The Hall–Kier alpha value is -0.670. The van der Waals surface area contributed by atoms with Crippen molar-refractivity contribution in [3.05, 3.63) is 22.7 Å². The molecule has 0 radical (unpaired) electrons. The molecule has 0 saturated carbocycles. The number of rotatable bonds is 7. The van der Waals surface area contributed by atoms with Gasteiger partial charge in [-0.1, -0.05) is 0 Å². The van der Waals surface area contributed by atoms with E-state index in [1.807, 2.05) is 0 Å². The second-order valence-electron chi connectivity index (χ2n) is 3.42. The van der Waals surface area contributed by atoms with Gasteiger partial charge in [-0.05, 0) is 34.1 Å². The van der Waals surface area contributed by atoms with Crippen molar-refractivity contribution < 1.29 is 18.3 Å². The molecule has 8 heteroatoms. The minimum absolute atomic E-state index is 0.0857. The van der Waals surface area contributed by atoms with Crippen LogP contribution in [0.25, 0.3) is 0 Å². The topological polar surface area (TPSA) is 102 Å². The first-order valence-electron chi connectivity index (χ1n) is 5.20. The average molecular weight is 339 g/mol. The van der Waals surface area contributed by atoms with Crippen LogP contribution in [0.5, 0.6) is 0 Å². The SMILES string of the molecule is Nc1ccc(S(=O)(=O)NCCOCCO)cc1Br. The summed E-state index contributed by atoms with van der Waals surface area (Å²) in [6, 6.07) is 4.38. The second-order valence-corrected chi connectivity index (χ2v) is 6.04. The van der Waals surface area contributed by atoms with Crippen molar-refractivity contribution in [3.8, 4) is 0 Å². The number of aliphatic hydroxyl groups is 1. The Bertz CT molecular complexity index is 493. The summed E-state index contributed by atoms with van der Waals surface area (Å²) in [6.45, 7) is 0.451. The van der Waals surface area contributed by atoms with E-state index in [2.05, 4.69) is 20.7 Å². The zero-order chi connectivity index (χ0) is 13.6. The van der Waals surface area contributed by atoms with Crippen LogP contribution >= 0.6 is 15.9 Å². The highest BCUT2D eigenvalue weighted by molar-refractivity contribution is 9.10. The lowest BCUT2D eigenvalue weighted by atomic mass is 10.3. The van der Waals surface area contributed by atoms with Gasteiger partial charge < -0.3 is 15.6 Å². The summed E-state index contributed by atoms with van der Waals surface area (Å²) in [7, 11) is -3.56. The maximum absolute atomic E-state index is 11.9. The van der Waals surface area contributed by atoms with Crippen LogP contribution in [0.15, 0.2) is 27.6 Å². The van der Waals surface area contributed by atoms with Crippen molar-refractivity contribution in [1.29, 1.82) is 0 Å². The molecule has 4 N–H and O–H groups in total. The van der Waals surface area contributed by atoms with Crippen molar-refractivity contribution in [3.63, 3.8) is 0 Å². The van der Waals surface area contributed by atoms with Crippen molar-refractivity contribution in [2.45, 2.75) is 4.90 Å². The average Bonchev–Trinajstić information content (AvgIpc) is 2.32. The molecule has 0 saturated heterocycles. The van der Waals surface area contributed by atoms with E-state index in [1.165, 1.54) is 18.2 Å². The van der Waals surface area contributed by atoms with Crippen molar-refractivity contribution in [2.24, 2.45) is 0 Å². The number of halogens is 1. The number of hydrogen-bond donors (Lipinski definition) is 3. The number of anilines is 1. The Balaban J connectivity index is 2.60. The van der Waals surface area contributed by atoms with Gasteiger partial charge in [0.1, 0.15) is 0 Å². The summed E-state index contributed by atoms with van der Waals surface area (Å²) in [5.41, 5.74) is 6.05. The normalized spacial score (nSPS) is 11.7. The van der Waals surface area contributed by atoms with Crippen LogP contribution in [0, 0.1) is 0 Å². The van der Waals surface area contributed by atoms with Gasteiger partial charge in [0, 0.05) is 16.7 Å². The first-order valence-corrected chi connectivity index (χ1v) is 7.48. The standard InChI is InChI=1S/C10H15BrN2O4S/c11-9-7-8(1-2-10(9)12)18(15,16)13-3-5-17-6-4-14/h1-2,7,13-14H,3-6,12H2. The predicted molar refractivity (Wildman–Crippen MR) is 71.6 cm³/mol. The molecule has 0 aliphatic rings. The largest absolute Gasteiger partial charge is 0.398 e. The van der Waals surface area contributed by atoms with E-state index in [4.69, 9.17) is 15.6 Å². The fourth-order valence-electron chi connectivity index (χ4n) is 1.17. The monoisotopic (exact) mass is 338 g/mol. The molecule has 0 aliphatic heterocycles. The second kappa shape index (κ2) is 7.05. The summed E-state index contributed by atoms with van der Waals surface area (Å²) in [5, 5.41) is 8.48. The predicted octanol–water partition coefficient (Wildman–Crippen LogP) is 0.319. The Morgan fingerprint density at radius 2 is 2.11 bits per heavy atom. The third-order valence-electron chi connectivity index (χ3n) is 2.06. The fraction of sp³-hybridized carbons (Fsp3) is 0.400. The van der Waals surface area contributed by atoms with E-state index in [1.54, 1.807) is 0 Å². The van der Waals surface area contributed by atoms with E-state index >= 15 is 0 Å². The van der Waals surface area contributed by atoms with Crippen LogP contribution in [0.2, 0.25) is 0 Å². The van der Waals surface area contributed by atoms with Crippen molar-refractivity contribution in [1.82, 2.24) is 4.72 Å². The molecule has 0 bridgehead atoms. The molecule has 0 aromatic heterocycles. The Morgan fingerprint density at radius 1 is 1.39 bits per heavy atom. The zero-order valence-corrected chi connectivity index (χ0v) is 12.0. The van der Waals surface area contributed by atoms with Gasteiger partial charge in [0.2, 0.25) is 10.0 Å². The third-order valence-corrected chi connectivity index (χ3v) is 4.20. The van der Waals surface area contributed by atoms with Crippen LogP contribution in [-0.4, -0.2) is 39.9 Å². The molecular formula is C10H15BrN2O4S. The van der Waals surface area contributed by atoms with Gasteiger partial charge in [-0.2, -0.15) is 0 Å². The molecular weight excluding hydrogens is 324 g/mol. The summed E-state index contributed by atoms with van der Waals surface area (Å²) >= 11 is 3.17. The molecule has 1 rings (SSSR count). The van der Waals surface area contributed by atoms with Gasteiger partial charge in [-0.3, -0.25) is 0 Å². The van der Waals surface area contributed by atoms with E-state index < -0.39 is 10.0 Å². The molecule has 0 spiro atoms. The highest BCUT2D eigenvalue weighted by atomic mass is 79.9. The molecule has 102 valence electrons. The molecule has 0 amide bonds. The van der Waals surface area contributed by atoms with Gasteiger partial charge >= 0.3 is 0 Å². The molecule has 6 nitrogen and oxygen atoms in total. The van der Waals surface area contributed by atoms with E-state index in [0.29, 0.717) is 10.2 Å². The number of sulfonamides is 1. The van der Waals surface area contributed by atoms with Gasteiger partial charge in [0.05, 0.1) is 24.7 Å². The van der Waals surface area contributed by atoms with E-state index in [9.17, 15) is 8.42 Å². The number of nitrogen functional groups attached to an aromatic ring is 1. The van der Waals surface area contributed by atoms with Crippen LogP contribution in [0.4, 0.5) is 5.69 Å². The molecule has 0 unspecified atom stereocenters. The van der Waals surface area contributed by atoms with Gasteiger partial charge in [0.15, 0.2) is 0 Å². The number of ether oxygens (including phenoxy) is 1. The molecule has 1 aromatic rings. The fourth-order valence-corrected chi connectivity index (χ4v) is 2.74. The quantitative estimate of drug-likeness (QED) is 0.491. The Kier molecular flexibility index (Phi) is 6.03. The maximum atomic E-state index is 11.9. The lowest BCUT2D eigenvalue weighted by Gasteiger charge is -2.08. The molecule has 0 aliphatic carbocycles. The van der Waals surface area contributed by atoms with Gasteiger partial charge in [-0.25, -0.2) is 13.1 Å². The van der Waals surface area contributed by atoms with Gasteiger partial charge in [0.25, 0.3) is 0 Å². The van der Waals surface area contributed by atoms with E-state index in [0.717, 1.165) is 0 Å². The minimum atomic E-state index is -3.56. The lowest BCUT2D eigenvalue weighted by Crippen LogP contribution is -2.27. The Labute approximate surface area is 114 Å². The summed E-state index contributed by atoms with van der Waals surface area (Å²) in [6.07, 6.45) is 0. The Morgan fingerprint density at radius 3 is 2.72 bits per heavy atom. The van der Waals surface area contributed by atoms with Gasteiger partial charge in [-0.15, -0.1) is 0 Å². The highest BCUT2D eigenvalue weighted by Crippen LogP contribution is 2.22. The molecule has 0 fully saturated rings. The molecule has 1 aromatic carbocycles. The summed E-state index contributed by atoms with van der Waals surface area (Å²) in [5.74, 6) is 0. The van der Waals surface area contributed by atoms with Crippen LogP contribution in [0.1, 0.15) is 0 Å². The minimum Gasteiger partial charge on any atom is -0.398 e. The molecule has 0 heterocycles. The zero-order valence-electron chi connectivity index (χ0n) is 9.60. The van der Waals surface area contributed by atoms with Crippen molar-refractivity contribution >= 4 is 31.6 Å². The molecule has 18 heavy (non-hydrogen) atoms. The summed E-state index contributed by atoms with van der Waals surface area (Å²) in [4.78, 5) is 0.130. The number of aliphatic hydroxyl groups excluding tert-OH is 1. The summed E-state index contributed by atoms with van der Waals surface area (Å²) < 4.78 is 31.6. The van der Waals surface area contributed by atoms with E-state index in [-0.39, 0.29) is 31.3 Å².